The molecule has 1 rings (SSSR count). The van der Waals surface area contributed by atoms with Crippen LogP contribution < -0.4 is 0 Å². The maximum absolute atomic E-state index is 12.3. The predicted octanol–water partition coefficient (Wildman–Crippen LogP) is 3.75. The first kappa shape index (κ1) is 11.6. The van der Waals surface area contributed by atoms with Gasteiger partial charge < -0.3 is 0 Å². The first-order valence-corrected chi connectivity index (χ1v) is 4.69. The van der Waals surface area contributed by atoms with Crippen LogP contribution in [0.3, 0.4) is 0 Å². The molecule has 0 aromatic heterocycles. The van der Waals surface area contributed by atoms with Crippen molar-refractivity contribution in [3.63, 3.8) is 0 Å². The molecule has 0 bridgehead atoms. The van der Waals surface area contributed by atoms with E-state index in [2.05, 4.69) is 4.99 Å². The van der Waals surface area contributed by atoms with Crippen LogP contribution in [0.2, 0.25) is 0 Å². The molecule has 14 heavy (non-hydrogen) atoms. The molecule has 1 unspecified atom stereocenters. The second-order valence-electron chi connectivity index (χ2n) is 3.58. The summed E-state index contributed by atoms with van der Waals surface area (Å²) in [5, 5.41) is 0.227. The van der Waals surface area contributed by atoms with Crippen LogP contribution in [0.1, 0.15) is 20.3 Å². The Bertz CT molecular complexity index is 278. The van der Waals surface area contributed by atoms with Gasteiger partial charge in [0.05, 0.1) is 11.6 Å². The van der Waals surface area contributed by atoms with Crippen molar-refractivity contribution in [2.45, 2.75) is 26.4 Å². The van der Waals surface area contributed by atoms with Gasteiger partial charge in [0, 0.05) is 17.7 Å². The zero-order valence-corrected chi connectivity index (χ0v) is 8.65. The maximum Gasteiger partial charge on any atom is 0.397 e. The monoisotopic (exact) mass is 225 g/mol. The molecule has 1 heterocycles. The summed E-state index contributed by atoms with van der Waals surface area (Å²) in [5.41, 5.74) is 0.562. The highest BCUT2D eigenvalue weighted by Crippen LogP contribution is 2.36. The molecular formula is C9H11ClF3N. The van der Waals surface area contributed by atoms with E-state index in [0.29, 0.717) is 5.70 Å². The lowest BCUT2D eigenvalue weighted by Crippen LogP contribution is -2.26. The van der Waals surface area contributed by atoms with Gasteiger partial charge in [-0.3, -0.25) is 4.99 Å². The number of halogens is 4. The van der Waals surface area contributed by atoms with Crippen molar-refractivity contribution in [2.24, 2.45) is 16.8 Å². The molecule has 0 spiro atoms. The van der Waals surface area contributed by atoms with Crippen LogP contribution >= 0.6 is 11.6 Å². The Labute approximate surface area is 85.7 Å². The van der Waals surface area contributed by atoms with Crippen molar-refractivity contribution >= 4 is 17.8 Å². The van der Waals surface area contributed by atoms with Gasteiger partial charge in [0.2, 0.25) is 0 Å². The van der Waals surface area contributed by atoms with Crippen LogP contribution in [-0.4, -0.2) is 12.4 Å². The number of rotatable bonds is 1. The number of allylic oxidation sites excluding steroid dienone is 2. The topological polar surface area (TPSA) is 12.4 Å². The van der Waals surface area contributed by atoms with E-state index < -0.39 is 12.1 Å². The fraction of sp³-hybridized carbons (Fsp3) is 0.667. The molecule has 0 amide bonds. The highest BCUT2D eigenvalue weighted by molar-refractivity contribution is 6.30. The molecule has 1 aliphatic heterocycles. The average molecular weight is 226 g/mol. The Morgan fingerprint density at radius 3 is 2.43 bits per heavy atom. The second kappa shape index (κ2) is 3.93. The minimum Gasteiger partial charge on any atom is -0.264 e. The molecule has 0 saturated carbocycles. The Morgan fingerprint density at radius 1 is 1.50 bits per heavy atom. The highest BCUT2D eigenvalue weighted by atomic mass is 35.5. The summed E-state index contributed by atoms with van der Waals surface area (Å²) in [6, 6.07) is 0. The molecule has 5 heteroatoms. The Hall–Kier alpha value is -0.510. The van der Waals surface area contributed by atoms with Crippen LogP contribution in [0.15, 0.2) is 15.7 Å². The van der Waals surface area contributed by atoms with Crippen LogP contribution in [0, 0.1) is 11.8 Å². The normalized spacial score (nSPS) is 23.5. The van der Waals surface area contributed by atoms with Gasteiger partial charge in [-0.2, -0.15) is 13.2 Å². The van der Waals surface area contributed by atoms with E-state index in [0.717, 1.165) is 6.21 Å². The van der Waals surface area contributed by atoms with Crippen molar-refractivity contribution in [3.8, 4) is 0 Å². The number of hydrogen-bond acceptors (Lipinski definition) is 1. The third-order valence-electron chi connectivity index (χ3n) is 2.04. The summed E-state index contributed by atoms with van der Waals surface area (Å²) in [5.74, 6) is -1.47. The lowest BCUT2D eigenvalue weighted by Gasteiger charge is -2.21. The molecule has 0 aromatic carbocycles. The third kappa shape index (κ3) is 2.50. The van der Waals surface area contributed by atoms with Crippen LogP contribution in [-0.2, 0) is 0 Å². The number of alkyl halides is 3. The number of nitrogens with zero attached hydrogens (tertiary/aromatic N) is 1. The van der Waals surface area contributed by atoms with Gasteiger partial charge in [0.25, 0.3) is 0 Å². The first-order valence-electron chi connectivity index (χ1n) is 4.31. The average Bonchev–Trinajstić information content (AvgIpc) is 2.01. The first-order chi connectivity index (χ1) is 6.32. The van der Waals surface area contributed by atoms with E-state index >= 15 is 0 Å². The fourth-order valence-corrected chi connectivity index (χ4v) is 1.69. The molecule has 0 N–H and O–H groups in total. The quantitative estimate of drug-likeness (QED) is 0.645. The summed E-state index contributed by atoms with van der Waals surface area (Å²) >= 11 is 5.74. The minimum absolute atomic E-state index is 0.0629. The fourth-order valence-electron chi connectivity index (χ4n) is 1.25. The van der Waals surface area contributed by atoms with Crippen molar-refractivity contribution in [1.82, 2.24) is 0 Å². The van der Waals surface area contributed by atoms with Crippen LogP contribution in [0.5, 0.6) is 0 Å². The van der Waals surface area contributed by atoms with E-state index in [1.54, 1.807) is 0 Å². The molecule has 80 valence electrons. The molecule has 0 aromatic rings. The molecule has 0 saturated heterocycles. The van der Waals surface area contributed by atoms with E-state index in [1.165, 1.54) is 0 Å². The lowest BCUT2D eigenvalue weighted by atomic mass is 9.99. The van der Waals surface area contributed by atoms with Crippen molar-refractivity contribution in [3.05, 3.63) is 10.7 Å². The molecule has 0 radical (unpaired) electrons. The standard InChI is InChI=1S/C9H11ClF3N/c1-5(2)8-7(10)3-6(4-14-8)9(11,12)13/h4-6H,3H2,1-2H3. The van der Waals surface area contributed by atoms with Gasteiger partial charge >= 0.3 is 6.18 Å². The molecular weight excluding hydrogens is 215 g/mol. The number of aliphatic imine (C=N–C) groups is 1. The van der Waals surface area contributed by atoms with Gasteiger partial charge in [-0.1, -0.05) is 25.4 Å². The largest absolute Gasteiger partial charge is 0.397 e. The summed E-state index contributed by atoms with van der Waals surface area (Å²) in [6.07, 6.45) is -3.48. The van der Waals surface area contributed by atoms with E-state index in [9.17, 15) is 13.2 Å². The number of hydrogen-bond donors (Lipinski definition) is 0. The molecule has 1 nitrogen and oxygen atoms in total. The zero-order valence-electron chi connectivity index (χ0n) is 7.90. The Morgan fingerprint density at radius 2 is 2.07 bits per heavy atom. The van der Waals surface area contributed by atoms with Gasteiger partial charge in [-0.15, -0.1) is 0 Å². The predicted molar refractivity (Wildman–Crippen MR) is 50.4 cm³/mol. The van der Waals surface area contributed by atoms with Gasteiger partial charge in [-0.05, 0) is 5.92 Å². The Kier molecular flexibility index (Phi) is 3.24. The summed E-state index contributed by atoms with van der Waals surface area (Å²) < 4.78 is 36.8. The summed E-state index contributed by atoms with van der Waals surface area (Å²) in [4.78, 5) is 3.76. The lowest BCUT2D eigenvalue weighted by molar-refractivity contribution is -0.153. The Balaban J connectivity index is 2.82. The van der Waals surface area contributed by atoms with Crippen molar-refractivity contribution in [2.75, 3.05) is 0 Å². The van der Waals surface area contributed by atoms with Crippen molar-refractivity contribution in [1.29, 1.82) is 0 Å². The summed E-state index contributed by atoms with van der Waals surface area (Å²) in [7, 11) is 0. The zero-order chi connectivity index (χ0) is 10.9. The van der Waals surface area contributed by atoms with Gasteiger partial charge in [0.1, 0.15) is 0 Å². The highest BCUT2D eigenvalue weighted by Gasteiger charge is 2.40. The third-order valence-corrected chi connectivity index (χ3v) is 2.39. The molecule has 0 fully saturated rings. The van der Waals surface area contributed by atoms with Crippen molar-refractivity contribution < 1.29 is 13.2 Å². The van der Waals surface area contributed by atoms with Gasteiger partial charge in [0.15, 0.2) is 0 Å². The smallest absolute Gasteiger partial charge is 0.264 e. The SMILES string of the molecule is CC(C)C1=C(Cl)CC(C(F)(F)F)C=N1. The maximum atomic E-state index is 12.3. The molecule has 0 aliphatic carbocycles. The molecule has 1 atom stereocenters. The molecule has 1 aliphatic rings. The van der Waals surface area contributed by atoms with Gasteiger partial charge in [-0.25, -0.2) is 0 Å². The summed E-state index contributed by atoms with van der Waals surface area (Å²) in [6.45, 7) is 3.70. The van der Waals surface area contributed by atoms with E-state index in [4.69, 9.17) is 11.6 Å². The van der Waals surface area contributed by atoms with Crippen LogP contribution in [0.25, 0.3) is 0 Å². The minimum atomic E-state index is -4.24. The van der Waals surface area contributed by atoms with Crippen LogP contribution in [0.4, 0.5) is 13.2 Å². The van der Waals surface area contributed by atoms with E-state index in [-0.39, 0.29) is 17.4 Å². The second-order valence-corrected chi connectivity index (χ2v) is 4.03. The van der Waals surface area contributed by atoms with E-state index in [1.807, 2.05) is 13.8 Å².